The van der Waals surface area contributed by atoms with Crippen LogP contribution in [0.3, 0.4) is 0 Å². The maximum absolute atomic E-state index is 5.44. The molecule has 0 fully saturated rings. The van der Waals surface area contributed by atoms with E-state index >= 15 is 0 Å². The van der Waals surface area contributed by atoms with Crippen molar-refractivity contribution in [3.63, 3.8) is 0 Å². The van der Waals surface area contributed by atoms with Gasteiger partial charge in [0.15, 0.2) is 0 Å². The Balaban J connectivity index is 2.98. The first-order chi connectivity index (χ1) is 7.04. The molecule has 15 heavy (non-hydrogen) atoms. The van der Waals surface area contributed by atoms with Crippen LogP contribution >= 0.6 is 0 Å². The van der Waals surface area contributed by atoms with Gasteiger partial charge in [0.2, 0.25) is 0 Å². The van der Waals surface area contributed by atoms with Gasteiger partial charge in [-0.3, -0.25) is 0 Å². The maximum atomic E-state index is 5.44. The fraction of sp³-hybridized carbons (Fsp3) is 0.571. The highest BCUT2D eigenvalue weighted by Gasteiger charge is 2.07. The van der Waals surface area contributed by atoms with E-state index < -0.39 is 0 Å². The van der Waals surface area contributed by atoms with Crippen molar-refractivity contribution in [2.75, 3.05) is 7.11 Å². The number of methoxy groups -OCH3 is 1. The molecule has 0 radical (unpaired) electrons. The van der Waals surface area contributed by atoms with Gasteiger partial charge in [-0.1, -0.05) is 39.8 Å². The van der Waals surface area contributed by atoms with Gasteiger partial charge in [0.05, 0.1) is 7.11 Å². The van der Waals surface area contributed by atoms with Gasteiger partial charge >= 0.3 is 0 Å². The fourth-order valence-corrected chi connectivity index (χ4v) is 1.73. The second-order valence-corrected chi connectivity index (χ2v) is 4.82. The van der Waals surface area contributed by atoms with E-state index in [2.05, 4.69) is 45.9 Å². The van der Waals surface area contributed by atoms with Gasteiger partial charge in [0, 0.05) is 0 Å². The van der Waals surface area contributed by atoms with Gasteiger partial charge in [-0.15, -0.1) is 0 Å². The summed E-state index contributed by atoms with van der Waals surface area (Å²) in [6.45, 7) is 8.87. The van der Waals surface area contributed by atoms with Crippen LogP contribution in [0.25, 0.3) is 0 Å². The fourth-order valence-electron chi connectivity index (χ4n) is 1.73. The van der Waals surface area contributed by atoms with Crippen LogP contribution in [0.15, 0.2) is 18.2 Å². The summed E-state index contributed by atoms with van der Waals surface area (Å²) >= 11 is 0. The van der Waals surface area contributed by atoms with Crippen LogP contribution in [0.1, 0.15) is 44.7 Å². The van der Waals surface area contributed by atoms with Crippen molar-refractivity contribution in [3.05, 3.63) is 29.3 Å². The van der Waals surface area contributed by atoms with Crippen LogP contribution in [0.4, 0.5) is 0 Å². The van der Waals surface area contributed by atoms with Crippen LogP contribution in [-0.4, -0.2) is 7.11 Å². The molecule has 0 aliphatic heterocycles. The predicted molar refractivity (Wildman–Crippen MR) is 65.6 cm³/mol. The van der Waals surface area contributed by atoms with Crippen molar-refractivity contribution in [2.24, 2.45) is 5.92 Å². The smallest absolute Gasteiger partial charge is 0.122 e. The van der Waals surface area contributed by atoms with Crippen LogP contribution in [-0.2, 0) is 6.42 Å². The number of hydrogen-bond donors (Lipinski definition) is 0. The first-order valence-electron chi connectivity index (χ1n) is 5.71. The van der Waals surface area contributed by atoms with Crippen molar-refractivity contribution in [1.82, 2.24) is 0 Å². The lowest BCUT2D eigenvalue weighted by atomic mass is 9.97. The molecule has 0 N–H and O–H groups in total. The van der Waals surface area contributed by atoms with Crippen molar-refractivity contribution in [2.45, 2.75) is 40.0 Å². The molecule has 0 bridgehead atoms. The topological polar surface area (TPSA) is 9.23 Å². The van der Waals surface area contributed by atoms with E-state index in [-0.39, 0.29) is 0 Å². The van der Waals surface area contributed by atoms with E-state index in [4.69, 9.17) is 4.74 Å². The summed E-state index contributed by atoms with van der Waals surface area (Å²) in [5, 5.41) is 0. The molecule has 1 aromatic rings. The molecular formula is C14H22O. The van der Waals surface area contributed by atoms with Gasteiger partial charge in [-0.25, -0.2) is 0 Å². The predicted octanol–water partition coefficient (Wildman–Crippen LogP) is 4.02. The summed E-state index contributed by atoms with van der Waals surface area (Å²) in [6.07, 6.45) is 1.08. The van der Waals surface area contributed by atoms with E-state index in [1.54, 1.807) is 7.11 Å². The number of hydrogen-bond acceptors (Lipinski definition) is 1. The van der Waals surface area contributed by atoms with E-state index in [0.29, 0.717) is 11.8 Å². The second-order valence-electron chi connectivity index (χ2n) is 4.82. The molecule has 1 nitrogen and oxygen atoms in total. The molecule has 0 aliphatic rings. The lowest BCUT2D eigenvalue weighted by molar-refractivity contribution is 0.406. The highest BCUT2D eigenvalue weighted by molar-refractivity contribution is 5.38. The lowest BCUT2D eigenvalue weighted by Gasteiger charge is -2.13. The minimum Gasteiger partial charge on any atom is -0.496 e. The Morgan fingerprint density at radius 2 is 1.80 bits per heavy atom. The normalized spacial score (nSPS) is 11.1. The van der Waals surface area contributed by atoms with Gasteiger partial charge in [0.1, 0.15) is 5.75 Å². The Labute approximate surface area is 93.5 Å². The monoisotopic (exact) mass is 206 g/mol. The van der Waals surface area contributed by atoms with Crippen molar-refractivity contribution in [1.29, 1.82) is 0 Å². The zero-order valence-electron chi connectivity index (χ0n) is 10.5. The first kappa shape index (κ1) is 12.1. The molecular weight excluding hydrogens is 184 g/mol. The Morgan fingerprint density at radius 3 is 2.27 bits per heavy atom. The van der Waals surface area contributed by atoms with E-state index in [9.17, 15) is 0 Å². The molecule has 0 unspecified atom stereocenters. The molecule has 0 atom stereocenters. The Bertz CT molecular complexity index is 313. The summed E-state index contributed by atoms with van der Waals surface area (Å²) < 4.78 is 5.44. The minimum atomic E-state index is 0.562. The third-order valence-electron chi connectivity index (χ3n) is 2.61. The molecule has 84 valence electrons. The zero-order valence-corrected chi connectivity index (χ0v) is 10.5. The molecule has 0 aliphatic carbocycles. The minimum absolute atomic E-state index is 0.562. The SMILES string of the molecule is COc1cc(C(C)C)ccc1CC(C)C. The molecule has 1 heteroatoms. The van der Waals surface area contributed by atoms with Crippen LogP contribution < -0.4 is 4.74 Å². The quantitative estimate of drug-likeness (QED) is 0.723. The van der Waals surface area contributed by atoms with Crippen LogP contribution in [0.2, 0.25) is 0 Å². The third-order valence-corrected chi connectivity index (χ3v) is 2.61. The average molecular weight is 206 g/mol. The Hall–Kier alpha value is -0.980. The largest absolute Gasteiger partial charge is 0.496 e. The van der Waals surface area contributed by atoms with Gasteiger partial charge < -0.3 is 4.74 Å². The molecule has 0 spiro atoms. The number of rotatable bonds is 4. The standard InChI is InChI=1S/C14H22O/c1-10(2)8-13-7-6-12(11(3)4)9-14(13)15-5/h6-7,9-11H,8H2,1-5H3. The molecule has 0 saturated carbocycles. The van der Waals surface area contributed by atoms with Crippen molar-refractivity contribution in [3.8, 4) is 5.75 Å². The van der Waals surface area contributed by atoms with Crippen molar-refractivity contribution < 1.29 is 4.74 Å². The summed E-state index contributed by atoms with van der Waals surface area (Å²) in [6, 6.07) is 6.58. The van der Waals surface area contributed by atoms with Crippen LogP contribution in [0, 0.1) is 5.92 Å². The maximum Gasteiger partial charge on any atom is 0.122 e. The van der Waals surface area contributed by atoms with Crippen molar-refractivity contribution >= 4 is 0 Å². The summed E-state index contributed by atoms with van der Waals surface area (Å²) in [7, 11) is 1.75. The van der Waals surface area contributed by atoms with Crippen LogP contribution in [0.5, 0.6) is 5.75 Å². The Kier molecular flexibility index (Phi) is 4.19. The number of ether oxygens (including phenoxy) is 1. The second kappa shape index (κ2) is 5.20. The molecule has 1 rings (SSSR count). The highest BCUT2D eigenvalue weighted by atomic mass is 16.5. The molecule has 0 heterocycles. The molecule has 0 saturated heterocycles. The summed E-state index contributed by atoms with van der Waals surface area (Å²) in [5.41, 5.74) is 2.66. The number of benzene rings is 1. The van der Waals surface area contributed by atoms with E-state index in [0.717, 1.165) is 12.2 Å². The van der Waals surface area contributed by atoms with Gasteiger partial charge in [0.25, 0.3) is 0 Å². The molecule has 0 amide bonds. The third kappa shape index (κ3) is 3.26. The van der Waals surface area contributed by atoms with E-state index in [1.165, 1.54) is 11.1 Å². The highest BCUT2D eigenvalue weighted by Crippen LogP contribution is 2.26. The summed E-state index contributed by atoms with van der Waals surface area (Å²) in [4.78, 5) is 0. The van der Waals surface area contributed by atoms with Gasteiger partial charge in [-0.05, 0) is 35.4 Å². The first-order valence-corrected chi connectivity index (χ1v) is 5.71. The van der Waals surface area contributed by atoms with Gasteiger partial charge in [-0.2, -0.15) is 0 Å². The zero-order chi connectivity index (χ0) is 11.4. The summed E-state index contributed by atoms with van der Waals surface area (Å²) in [5.74, 6) is 2.27. The average Bonchev–Trinajstić information content (AvgIpc) is 2.17. The molecule has 1 aromatic carbocycles. The van der Waals surface area contributed by atoms with E-state index in [1.807, 2.05) is 0 Å². The lowest BCUT2D eigenvalue weighted by Crippen LogP contribution is -1.99. The molecule has 0 aromatic heterocycles. The Morgan fingerprint density at radius 1 is 1.13 bits per heavy atom.